The molecule has 328 valence electrons. The largest absolute Gasteiger partial charge is 0.393 e. The molecule has 18 atom stereocenters. The Morgan fingerprint density at radius 1 is 0.579 bits per heavy atom. The van der Waals surface area contributed by atoms with E-state index in [-0.39, 0.29) is 72.3 Å². The second kappa shape index (κ2) is 20.2. The maximum atomic E-state index is 12.4. The van der Waals surface area contributed by atoms with Gasteiger partial charge in [0.05, 0.1) is 40.8 Å². The highest BCUT2D eigenvalue weighted by atomic mass is 32.2. The van der Waals surface area contributed by atoms with Gasteiger partial charge in [-0.15, -0.1) is 13.0 Å². The second-order valence-electron chi connectivity index (χ2n) is 16.2. The normalized spacial score (nSPS) is 44.4. The van der Waals surface area contributed by atoms with Crippen molar-refractivity contribution in [3.05, 3.63) is 0 Å². The van der Waals surface area contributed by atoms with Crippen LogP contribution in [-0.2, 0) is 48.4 Å². The first-order chi connectivity index (χ1) is 27.1. The van der Waals surface area contributed by atoms with Crippen LogP contribution in [0.5, 0.6) is 0 Å². The molecule has 0 aromatic rings. The van der Waals surface area contributed by atoms with Crippen molar-refractivity contribution in [3.63, 3.8) is 0 Å². The van der Waals surface area contributed by atoms with Crippen molar-refractivity contribution in [1.29, 1.82) is 0 Å². The van der Waals surface area contributed by atoms with Crippen LogP contribution in [0.25, 0.3) is 0 Å². The molecule has 18 unspecified atom stereocenters. The lowest BCUT2D eigenvalue weighted by Crippen LogP contribution is -2.57. The summed E-state index contributed by atoms with van der Waals surface area (Å²) >= 11 is 2.54. The van der Waals surface area contributed by atoms with Gasteiger partial charge >= 0.3 is 0 Å². The standard InChI is InChI=1S/C30H51N5O17S5/c31-21-12-19-13(8-27(21)57(44,45)46)7-26(55-52-49-40)29(30(19)37)35-33-23-4-3-22(18-2-1-17(11-20(18)23)56(41,42)43)32-34-24-9-15(53-50-47-38)5-14-6-16(54-51-48-39)10-25(36)28(14)24/h13-30,36-40H,1-12,31H2,(H,41,42,43)(H,44,45,46). The number of aliphatic hydroxyl groups excluding tert-OH is 2. The van der Waals surface area contributed by atoms with E-state index in [2.05, 4.69) is 24.6 Å². The summed E-state index contributed by atoms with van der Waals surface area (Å²) in [6.45, 7) is 0. The number of hydrogen-bond acceptors (Lipinski definition) is 23. The topological polar surface area (TPSA) is 341 Å². The van der Waals surface area contributed by atoms with Gasteiger partial charge < -0.3 is 15.9 Å². The molecule has 0 amide bonds. The van der Waals surface area contributed by atoms with Crippen LogP contribution in [0.3, 0.4) is 0 Å². The average molecular weight is 914 g/mol. The zero-order valence-corrected chi connectivity index (χ0v) is 34.6. The maximum Gasteiger partial charge on any atom is 0.269 e. The molecule has 9 N–H and O–H groups in total. The summed E-state index contributed by atoms with van der Waals surface area (Å²) in [5, 5.41) is 76.4. The highest BCUT2D eigenvalue weighted by Crippen LogP contribution is 2.50. The third kappa shape index (κ3) is 11.2. The molecule has 22 nitrogen and oxygen atoms in total. The summed E-state index contributed by atoms with van der Waals surface area (Å²) in [5.41, 5.74) is 6.15. The van der Waals surface area contributed by atoms with Gasteiger partial charge in [-0.2, -0.15) is 37.3 Å². The van der Waals surface area contributed by atoms with E-state index in [1.807, 2.05) is 0 Å². The Labute approximate surface area is 342 Å². The Balaban J connectivity index is 1.21. The van der Waals surface area contributed by atoms with E-state index in [9.17, 15) is 36.2 Å². The Kier molecular flexibility index (Phi) is 16.3. The van der Waals surface area contributed by atoms with Gasteiger partial charge in [-0.3, -0.25) is 9.11 Å². The van der Waals surface area contributed by atoms with Gasteiger partial charge in [0.25, 0.3) is 20.2 Å². The van der Waals surface area contributed by atoms with Crippen molar-refractivity contribution < 1.29 is 80.0 Å². The summed E-state index contributed by atoms with van der Waals surface area (Å²) in [7, 11) is -8.83. The first-order valence-corrected chi connectivity index (χ1v) is 24.3. The molecular weight excluding hydrogens is 863 g/mol. The first-order valence-electron chi connectivity index (χ1n) is 18.9. The molecule has 0 radical (unpaired) electrons. The molecule has 6 rings (SSSR count). The first kappa shape index (κ1) is 46.1. The summed E-state index contributed by atoms with van der Waals surface area (Å²) in [6, 6.07) is -3.13. The minimum absolute atomic E-state index is 0.00213. The Hall–Kier alpha value is -0.410. The Morgan fingerprint density at radius 3 is 1.81 bits per heavy atom. The van der Waals surface area contributed by atoms with Crippen molar-refractivity contribution in [2.24, 2.45) is 61.7 Å². The minimum atomic E-state index is -4.45. The van der Waals surface area contributed by atoms with E-state index >= 15 is 0 Å². The third-order valence-corrected chi connectivity index (χ3v) is 18.2. The van der Waals surface area contributed by atoms with Crippen molar-refractivity contribution >= 4 is 56.4 Å². The molecule has 6 aliphatic rings. The summed E-state index contributed by atoms with van der Waals surface area (Å²) < 4.78 is 82.9. The van der Waals surface area contributed by atoms with Gasteiger partial charge in [-0.25, -0.2) is 15.8 Å². The van der Waals surface area contributed by atoms with Crippen LogP contribution < -0.4 is 5.73 Å². The van der Waals surface area contributed by atoms with Crippen molar-refractivity contribution in [1.82, 2.24) is 0 Å². The zero-order valence-electron chi connectivity index (χ0n) is 30.5. The summed E-state index contributed by atoms with van der Waals surface area (Å²) in [5.74, 6) is -1.76. The molecule has 6 aliphatic carbocycles. The number of nitrogens with two attached hydrogens (primary N) is 1. The summed E-state index contributed by atoms with van der Waals surface area (Å²) in [6.07, 6.45) is 2.11. The van der Waals surface area contributed by atoms with Crippen LogP contribution in [0.1, 0.15) is 77.0 Å². The van der Waals surface area contributed by atoms with E-state index in [0.717, 1.165) is 24.1 Å². The van der Waals surface area contributed by atoms with Gasteiger partial charge in [0.1, 0.15) is 11.3 Å². The van der Waals surface area contributed by atoms with Crippen LogP contribution >= 0.6 is 36.1 Å². The number of aliphatic hydroxyl groups is 2. The van der Waals surface area contributed by atoms with Gasteiger partial charge in [-0.05, 0) is 107 Å². The fourth-order valence-corrected chi connectivity index (χ4v) is 15.0. The molecule has 0 saturated heterocycles. The molecule has 0 aromatic carbocycles. The zero-order chi connectivity index (χ0) is 41.1. The van der Waals surface area contributed by atoms with E-state index in [1.165, 1.54) is 0 Å². The fraction of sp³-hybridized carbons (Fsp3) is 1.00. The number of fused-ring (bicyclic) bond motifs is 3. The van der Waals surface area contributed by atoms with Crippen LogP contribution in [0, 0.1) is 35.5 Å². The van der Waals surface area contributed by atoms with Gasteiger partial charge in [0.2, 0.25) is 0 Å². The van der Waals surface area contributed by atoms with E-state index in [4.69, 9.17) is 45.5 Å². The molecule has 6 saturated carbocycles. The smallest absolute Gasteiger partial charge is 0.269 e. The molecule has 6 fully saturated rings. The number of nitrogens with zero attached hydrogens (tertiary/aromatic N) is 4. The molecule has 0 bridgehead atoms. The lowest BCUT2D eigenvalue weighted by Gasteiger charge is -2.48. The fourth-order valence-electron chi connectivity index (χ4n) is 10.8. The molecule has 0 heterocycles. The monoisotopic (exact) mass is 913 g/mol. The quantitative estimate of drug-likeness (QED) is 0.0382. The van der Waals surface area contributed by atoms with Crippen LogP contribution in [0.2, 0.25) is 0 Å². The lowest BCUT2D eigenvalue weighted by molar-refractivity contribution is -0.432. The lowest BCUT2D eigenvalue weighted by atomic mass is 9.66. The van der Waals surface area contributed by atoms with E-state index < -0.39 is 84.2 Å². The predicted molar refractivity (Wildman–Crippen MR) is 200 cm³/mol. The highest BCUT2D eigenvalue weighted by Gasteiger charge is 2.53. The van der Waals surface area contributed by atoms with Crippen LogP contribution in [0.4, 0.5) is 0 Å². The molecule has 0 aromatic heterocycles. The van der Waals surface area contributed by atoms with Crippen molar-refractivity contribution in [2.45, 2.75) is 146 Å². The number of rotatable bonds is 15. The third-order valence-electron chi connectivity index (χ3n) is 13.2. The second-order valence-corrected chi connectivity index (χ2v) is 22.5. The minimum Gasteiger partial charge on any atom is -0.393 e. The number of hydrogen-bond donors (Lipinski definition) is 8. The van der Waals surface area contributed by atoms with Crippen molar-refractivity contribution in [2.75, 3.05) is 0 Å². The highest BCUT2D eigenvalue weighted by molar-refractivity contribution is 7.95. The van der Waals surface area contributed by atoms with Gasteiger partial charge in [0, 0.05) is 58.6 Å². The van der Waals surface area contributed by atoms with Gasteiger partial charge in [0.15, 0.2) is 0 Å². The Bertz CT molecular complexity index is 1600. The average Bonchev–Trinajstić information content (AvgIpc) is 3.16. The molecule has 57 heavy (non-hydrogen) atoms. The predicted octanol–water partition coefficient (Wildman–Crippen LogP) is 3.70. The van der Waals surface area contributed by atoms with E-state index in [0.29, 0.717) is 57.0 Å². The maximum absolute atomic E-state index is 12.4. The number of azo groups is 2. The molecular formula is C30H51N5O17S5. The van der Waals surface area contributed by atoms with Crippen LogP contribution in [0.15, 0.2) is 20.5 Å². The molecule has 0 spiro atoms. The molecule has 0 aliphatic heterocycles. The van der Waals surface area contributed by atoms with Gasteiger partial charge in [-0.1, -0.05) is 15.1 Å². The van der Waals surface area contributed by atoms with Crippen LogP contribution in [-0.4, -0.2) is 121 Å². The molecule has 27 heteroatoms. The van der Waals surface area contributed by atoms with Crippen molar-refractivity contribution in [3.8, 4) is 0 Å². The summed E-state index contributed by atoms with van der Waals surface area (Å²) in [4.78, 5) is 0. The van der Waals surface area contributed by atoms with E-state index in [1.54, 1.807) is 0 Å². The Morgan fingerprint density at radius 2 is 1.18 bits per heavy atom. The SMILES string of the molecule is NC1CC2C(CC(SOOO)C(N=NC3CCC(N=NC4CC(SOOO)CC5CC(SOOO)CC(O)C54)C4CCC(S(=O)(=O)O)CC34)C2O)CC1S(=O)(=O)O.